The zero-order valence-electron chi connectivity index (χ0n) is 14.2. The number of rotatable bonds is 2. The fourth-order valence-corrected chi connectivity index (χ4v) is 3.35. The summed E-state index contributed by atoms with van der Waals surface area (Å²) in [5.41, 5.74) is 0.588. The molecule has 3 heterocycles. The van der Waals surface area contributed by atoms with E-state index >= 15 is 0 Å². The van der Waals surface area contributed by atoms with E-state index in [2.05, 4.69) is 0 Å². The Morgan fingerprint density at radius 3 is 2.56 bits per heavy atom. The van der Waals surface area contributed by atoms with Gasteiger partial charge >= 0.3 is 6.09 Å². The highest BCUT2D eigenvalue weighted by Gasteiger charge is 2.63. The van der Waals surface area contributed by atoms with E-state index in [1.54, 1.807) is 45.2 Å². The maximum Gasteiger partial charge on any atom is 0.417 e. The minimum absolute atomic E-state index is 0.0377. The zero-order valence-corrected chi connectivity index (χ0v) is 14.2. The molecule has 0 radical (unpaired) electrons. The highest BCUT2D eigenvalue weighted by molar-refractivity contribution is 6.00. The van der Waals surface area contributed by atoms with Gasteiger partial charge in [0.05, 0.1) is 13.7 Å². The number of anilines is 1. The van der Waals surface area contributed by atoms with Crippen LogP contribution >= 0.6 is 0 Å². The summed E-state index contributed by atoms with van der Waals surface area (Å²) in [5, 5.41) is 0. The van der Waals surface area contributed by atoms with E-state index in [1.807, 2.05) is 0 Å². The summed E-state index contributed by atoms with van der Waals surface area (Å²) in [6.45, 7) is 3.54. The van der Waals surface area contributed by atoms with Gasteiger partial charge in [-0.2, -0.15) is 0 Å². The highest BCUT2D eigenvalue weighted by Crippen LogP contribution is 2.40. The monoisotopic (exact) mass is 349 g/mol. The molecule has 3 aliphatic rings. The number of carbonyl (C=O) groups is 2. The van der Waals surface area contributed by atoms with E-state index in [-0.39, 0.29) is 13.2 Å². The average molecular weight is 349 g/mol. The van der Waals surface area contributed by atoms with E-state index in [0.717, 1.165) is 0 Å². The van der Waals surface area contributed by atoms with Crippen LogP contribution in [0.2, 0.25) is 0 Å². The molecule has 25 heavy (non-hydrogen) atoms. The molecule has 0 N–H and O–H groups in total. The Balaban J connectivity index is 1.57. The summed E-state index contributed by atoms with van der Waals surface area (Å²) < 4.78 is 27.4. The molecule has 3 aliphatic heterocycles. The molecule has 8 heteroatoms. The Labute approximate surface area is 144 Å². The Morgan fingerprint density at radius 2 is 1.88 bits per heavy atom. The third-order valence-corrected chi connectivity index (χ3v) is 4.52. The summed E-state index contributed by atoms with van der Waals surface area (Å²) in [6, 6.07) is 6.88. The average Bonchev–Trinajstić information content (AvgIpc) is 3.09. The third kappa shape index (κ3) is 2.57. The number of hydrogen-bond donors (Lipinski definition) is 0. The van der Waals surface area contributed by atoms with Crippen LogP contribution in [0.25, 0.3) is 0 Å². The van der Waals surface area contributed by atoms with E-state index in [0.29, 0.717) is 11.4 Å². The Kier molecular flexibility index (Phi) is 3.54. The summed E-state index contributed by atoms with van der Waals surface area (Å²) in [4.78, 5) is 26.6. The van der Waals surface area contributed by atoms with Gasteiger partial charge in [0, 0.05) is 5.69 Å². The molecule has 3 fully saturated rings. The maximum atomic E-state index is 12.9. The van der Waals surface area contributed by atoms with Crippen LogP contribution in [0.15, 0.2) is 24.3 Å². The molecular formula is C17H19NO7. The summed E-state index contributed by atoms with van der Waals surface area (Å²) in [7, 11) is 1.56. The van der Waals surface area contributed by atoms with Crippen LogP contribution in [-0.2, 0) is 23.7 Å². The second-order valence-electron chi connectivity index (χ2n) is 6.67. The van der Waals surface area contributed by atoms with E-state index in [4.69, 9.17) is 23.7 Å². The van der Waals surface area contributed by atoms with Crippen LogP contribution < -0.4 is 9.64 Å². The molecule has 134 valence electrons. The molecule has 0 aliphatic carbocycles. The summed E-state index contributed by atoms with van der Waals surface area (Å²) >= 11 is 0. The smallest absolute Gasteiger partial charge is 0.417 e. The first kappa shape index (κ1) is 16.3. The van der Waals surface area contributed by atoms with Gasteiger partial charge in [-0.3, -0.25) is 9.69 Å². The van der Waals surface area contributed by atoms with Crippen LogP contribution in [0.5, 0.6) is 5.75 Å². The number of Topliss-reactive ketones (excluding diaryl/α,β-unsaturated/α-hetero) is 1. The first-order valence-electron chi connectivity index (χ1n) is 8.02. The number of nitrogens with zero attached hydrogens (tertiary/aromatic N) is 1. The molecule has 3 atom stereocenters. The quantitative estimate of drug-likeness (QED) is 0.799. The number of methoxy groups -OCH3 is 1. The van der Waals surface area contributed by atoms with Crippen LogP contribution in [0.1, 0.15) is 13.8 Å². The number of ether oxygens (including phenoxy) is 5. The van der Waals surface area contributed by atoms with Crippen molar-refractivity contribution in [1.82, 2.24) is 0 Å². The molecule has 4 rings (SSSR count). The maximum absolute atomic E-state index is 12.9. The third-order valence-electron chi connectivity index (χ3n) is 4.52. The number of fused-ring (bicyclic) bond motifs is 1. The van der Waals surface area contributed by atoms with Crippen molar-refractivity contribution >= 4 is 17.6 Å². The number of carbonyl (C=O) groups excluding carboxylic acids is 2. The second-order valence-corrected chi connectivity index (χ2v) is 6.67. The molecule has 1 aromatic carbocycles. The lowest BCUT2D eigenvalue weighted by Crippen LogP contribution is -2.59. The van der Waals surface area contributed by atoms with Crippen molar-refractivity contribution in [2.45, 2.75) is 37.6 Å². The van der Waals surface area contributed by atoms with Crippen molar-refractivity contribution in [3.05, 3.63) is 24.3 Å². The zero-order chi connectivity index (χ0) is 17.8. The van der Waals surface area contributed by atoms with Gasteiger partial charge in [-0.25, -0.2) is 4.79 Å². The van der Waals surface area contributed by atoms with Crippen molar-refractivity contribution in [3.63, 3.8) is 0 Å². The lowest BCUT2D eigenvalue weighted by Gasteiger charge is -2.34. The molecule has 1 aromatic rings. The van der Waals surface area contributed by atoms with E-state index in [1.165, 1.54) is 4.90 Å². The summed E-state index contributed by atoms with van der Waals surface area (Å²) in [5.74, 6) is -2.31. The molecule has 0 saturated carbocycles. The first-order valence-corrected chi connectivity index (χ1v) is 8.02. The van der Waals surface area contributed by atoms with Gasteiger partial charge in [0.25, 0.3) is 5.79 Å². The lowest BCUT2D eigenvalue weighted by atomic mass is 9.99. The van der Waals surface area contributed by atoms with Gasteiger partial charge in [-0.05, 0) is 38.1 Å². The van der Waals surface area contributed by atoms with Crippen molar-refractivity contribution in [2.24, 2.45) is 0 Å². The molecule has 8 nitrogen and oxygen atoms in total. The van der Waals surface area contributed by atoms with Crippen LogP contribution in [0.4, 0.5) is 10.5 Å². The van der Waals surface area contributed by atoms with Gasteiger partial charge in [0.1, 0.15) is 18.4 Å². The molecule has 1 amide bonds. The first-order chi connectivity index (χ1) is 11.8. The predicted molar refractivity (Wildman–Crippen MR) is 84.3 cm³/mol. The van der Waals surface area contributed by atoms with Crippen molar-refractivity contribution in [2.75, 3.05) is 25.2 Å². The van der Waals surface area contributed by atoms with E-state index in [9.17, 15) is 9.59 Å². The highest BCUT2D eigenvalue weighted by atomic mass is 16.8. The predicted octanol–water partition coefficient (Wildman–Crippen LogP) is 1.47. The SMILES string of the molecule is COc1ccc(N2C[C@]3(OC[C@H]4OC(C)(C)O[C@H]4C3=O)OC2=O)cc1. The molecule has 0 unspecified atom stereocenters. The molecule has 1 spiro atoms. The standard InChI is InChI=1S/C17H19NO7/c1-16(2)23-12-8-22-17(14(19)13(12)24-16)9-18(15(20)25-17)10-4-6-11(21-3)7-5-10/h4-7,12-13H,8-9H2,1-3H3/t12-,13-,17+/m1/s1. The lowest BCUT2D eigenvalue weighted by molar-refractivity contribution is -0.218. The van der Waals surface area contributed by atoms with Crippen molar-refractivity contribution < 1.29 is 33.3 Å². The van der Waals surface area contributed by atoms with Crippen molar-refractivity contribution in [3.8, 4) is 5.75 Å². The number of benzene rings is 1. The molecule has 0 bridgehead atoms. The van der Waals surface area contributed by atoms with Gasteiger partial charge in [-0.1, -0.05) is 0 Å². The van der Waals surface area contributed by atoms with Crippen LogP contribution in [0, 0.1) is 0 Å². The number of hydrogen-bond acceptors (Lipinski definition) is 7. The van der Waals surface area contributed by atoms with Gasteiger partial charge in [0.2, 0.25) is 5.78 Å². The van der Waals surface area contributed by atoms with Crippen LogP contribution in [0.3, 0.4) is 0 Å². The minimum atomic E-state index is -1.66. The van der Waals surface area contributed by atoms with Crippen molar-refractivity contribution in [1.29, 1.82) is 0 Å². The normalized spacial score (nSPS) is 33.5. The Hall–Kier alpha value is -2.16. The Bertz CT molecular complexity index is 716. The number of ketones is 1. The fourth-order valence-electron chi connectivity index (χ4n) is 3.35. The van der Waals surface area contributed by atoms with Gasteiger partial charge < -0.3 is 23.7 Å². The van der Waals surface area contributed by atoms with Gasteiger partial charge in [0.15, 0.2) is 11.9 Å². The van der Waals surface area contributed by atoms with E-state index < -0.39 is 35.7 Å². The second kappa shape index (κ2) is 5.42. The molecule has 3 saturated heterocycles. The molecule has 0 aromatic heterocycles. The largest absolute Gasteiger partial charge is 0.497 e. The summed E-state index contributed by atoms with van der Waals surface area (Å²) in [6.07, 6.45) is -1.95. The molecular weight excluding hydrogens is 330 g/mol. The van der Waals surface area contributed by atoms with Crippen LogP contribution in [-0.4, -0.2) is 55.9 Å². The minimum Gasteiger partial charge on any atom is -0.497 e. The Morgan fingerprint density at radius 1 is 1.16 bits per heavy atom. The number of amides is 1. The fraction of sp³-hybridized carbons (Fsp3) is 0.529. The van der Waals surface area contributed by atoms with Gasteiger partial charge in [-0.15, -0.1) is 0 Å². The topological polar surface area (TPSA) is 83.5 Å².